The van der Waals surface area contributed by atoms with Gasteiger partial charge in [0.2, 0.25) is 11.9 Å². The van der Waals surface area contributed by atoms with E-state index in [9.17, 15) is 4.79 Å². The van der Waals surface area contributed by atoms with E-state index in [-0.39, 0.29) is 11.9 Å². The molecule has 2 heterocycles. The molecule has 22 heavy (non-hydrogen) atoms. The lowest BCUT2D eigenvalue weighted by Crippen LogP contribution is -2.37. The Balaban J connectivity index is 1.45. The summed E-state index contributed by atoms with van der Waals surface area (Å²) in [6.45, 7) is 1.66. The fourth-order valence-electron chi connectivity index (χ4n) is 2.72. The van der Waals surface area contributed by atoms with Crippen LogP contribution in [0.5, 0.6) is 0 Å². The Labute approximate surface area is 130 Å². The summed E-state index contributed by atoms with van der Waals surface area (Å²) in [6, 6.07) is 12.1. The van der Waals surface area contributed by atoms with Gasteiger partial charge in [-0.25, -0.2) is 9.97 Å². The van der Waals surface area contributed by atoms with E-state index in [2.05, 4.69) is 32.3 Å². The summed E-state index contributed by atoms with van der Waals surface area (Å²) < 4.78 is 0. The van der Waals surface area contributed by atoms with Gasteiger partial charge in [0.1, 0.15) is 0 Å². The van der Waals surface area contributed by atoms with E-state index in [4.69, 9.17) is 0 Å². The molecule has 5 nitrogen and oxygen atoms in total. The Morgan fingerprint density at radius 2 is 1.95 bits per heavy atom. The summed E-state index contributed by atoms with van der Waals surface area (Å²) >= 11 is 0. The average Bonchev–Trinajstić information content (AvgIpc) is 3.03. The predicted molar refractivity (Wildman–Crippen MR) is 85.6 cm³/mol. The minimum atomic E-state index is 0.115. The number of carbonyl (C=O) groups excluding carboxylic acids is 1. The average molecular weight is 296 g/mol. The number of rotatable bonds is 5. The van der Waals surface area contributed by atoms with Gasteiger partial charge in [-0.2, -0.15) is 0 Å². The van der Waals surface area contributed by atoms with Crippen molar-refractivity contribution in [3.63, 3.8) is 0 Å². The SMILES string of the molecule is O=C(CCc1ccccc1)NC1CCN(c2ncccn2)C1. The molecule has 1 aromatic carbocycles. The maximum Gasteiger partial charge on any atom is 0.225 e. The number of carbonyl (C=O) groups is 1. The maximum atomic E-state index is 12.1. The van der Waals surface area contributed by atoms with Gasteiger partial charge < -0.3 is 10.2 Å². The first-order chi connectivity index (χ1) is 10.8. The van der Waals surface area contributed by atoms with Crippen LogP contribution in [0.2, 0.25) is 0 Å². The molecular weight excluding hydrogens is 276 g/mol. The minimum absolute atomic E-state index is 0.115. The highest BCUT2D eigenvalue weighted by Gasteiger charge is 2.25. The van der Waals surface area contributed by atoms with E-state index in [1.807, 2.05) is 24.3 Å². The van der Waals surface area contributed by atoms with Crippen LogP contribution in [0.25, 0.3) is 0 Å². The van der Waals surface area contributed by atoms with Crippen molar-refractivity contribution >= 4 is 11.9 Å². The first-order valence-electron chi connectivity index (χ1n) is 7.66. The second kappa shape index (κ2) is 7.02. The summed E-state index contributed by atoms with van der Waals surface area (Å²) in [7, 11) is 0. The molecule has 1 amide bonds. The van der Waals surface area contributed by atoms with Crippen LogP contribution in [0.3, 0.4) is 0 Å². The fraction of sp³-hybridized carbons (Fsp3) is 0.353. The molecule has 0 saturated carbocycles. The number of anilines is 1. The van der Waals surface area contributed by atoms with Crippen LogP contribution < -0.4 is 10.2 Å². The van der Waals surface area contributed by atoms with Crippen molar-refractivity contribution in [3.05, 3.63) is 54.4 Å². The quantitative estimate of drug-likeness (QED) is 0.914. The molecule has 1 fully saturated rings. The molecule has 5 heteroatoms. The van der Waals surface area contributed by atoms with Crippen molar-refractivity contribution in [1.29, 1.82) is 0 Å². The van der Waals surface area contributed by atoms with Gasteiger partial charge >= 0.3 is 0 Å². The lowest BCUT2D eigenvalue weighted by Gasteiger charge is -2.16. The number of benzene rings is 1. The Morgan fingerprint density at radius 3 is 2.73 bits per heavy atom. The molecule has 0 bridgehead atoms. The van der Waals surface area contributed by atoms with Crippen LogP contribution in [0.15, 0.2) is 48.8 Å². The number of aromatic nitrogens is 2. The van der Waals surface area contributed by atoms with Crippen LogP contribution in [0.1, 0.15) is 18.4 Å². The van der Waals surface area contributed by atoms with Gasteiger partial charge in [-0.05, 0) is 24.5 Å². The number of nitrogens with one attached hydrogen (secondary N) is 1. The van der Waals surface area contributed by atoms with E-state index < -0.39 is 0 Å². The highest BCUT2D eigenvalue weighted by Crippen LogP contribution is 2.15. The molecule has 1 atom stereocenters. The molecule has 1 aromatic heterocycles. The van der Waals surface area contributed by atoms with Crippen molar-refractivity contribution in [2.75, 3.05) is 18.0 Å². The molecule has 0 spiro atoms. The third-order valence-electron chi connectivity index (χ3n) is 3.87. The number of hydrogen-bond acceptors (Lipinski definition) is 4. The summed E-state index contributed by atoms with van der Waals surface area (Å²) in [4.78, 5) is 22.7. The normalized spacial score (nSPS) is 17.5. The van der Waals surface area contributed by atoms with Gasteiger partial charge in [0, 0.05) is 37.9 Å². The Hall–Kier alpha value is -2.43. The third kappa shape index (κ3) is 3.81. The second-order valence-electron chi connectivity index (χ2n) is 5.53. The maximum absolute atomic E-state index is 12.1. The van der Waals surface area contributed by atoms with Gasteiger partial charge in [0.05, 0.1) is 0 Å². The monoisotopic (exact) mass is 296 g/mol. The predicted octanol–water partition coefficient (Wildman–Crippen LogP) is 1.80. The lowest BCUT2D eigenvalue weighted by molar-refractivity contribution is -0.121. The molecule has 1 unspecified atom stereocenters. The zero-order valence-electron chi connectivity index (χ0n) is 12.5. The van der Waals surface area contributed by atoms with Gasteiger partial charge in [0.25, 0.3) is 0 Å². The van der Waals surface area contributed by atoms with E-state index in [1.54, 1.807) is 12.4 Å². The zero-order chi connectivity index (χ0) is 15.2. The second-order valence-corrected chi connectivity index (χ2v) is 5.53. The van der Waals surface area contributed by atoms with Crippen LogP contribution in [-0.2, 0) is 11.2 Å². The molecule has 1 aliphatic rings. The number of nitrogens with zero attached hydrogens (tertiary/aromatic N) is 3. The van der Waals surface area contributed by atoms with Gasteiger partial charge in [0.15, 0.2) is 0 Å². The molecule has 1 N–H and O–H groups in total. The molecule has 3 rings (SSSR count). The van der Waals surface area contributed by atoms with E-state index >= 15 is 0 Å². The van der Waals surface area contributed by atoms with Crippen molar-refractivity contribution in [3.8, 4) is 0 Å². The Kier molecular flexibility index (Phi) is 4.63. The summed E-state index contributed by atoms with van der Waals surface area (Å²) in [5.74, 6) is 0.855. The van der Waals surface area contributed by atoms with Gasteiger partial charge in [-0.1, -0.05) is 30.3 Å². The molecular formula is C17H20N4O. The molecule has 114 valence electrons. The minimum Gasteiger partial charge on any atom is -0.352 e. The van der Waals surface area contributed by atoms with Crippen LogP contribution in [0.4, 0.5) is 5.95 Å². The number of aryl methyl sites for hydroxylation is 1. The number of hydrogen-bond donors (Lipinski definition) is 1. The van der Waals surface area contributed by atoms with Crippen molar-refractivity contribution in [1.82, 2.24) is 15.3 Å². The van der Waals surface area contributed by atoms with Gasteiger partial charge in [-0.3, -0.25) is 4.79 Å². The summed E-state index contributed by atoms with van der Waals surface area (Å²) in [5.41, 5.74) is 1.20. The summed E-state index contributed by atoms with van der Waals surface area (Å²) in [5, 5.41) is 3.11. The van der Waals surface area contributed by atoms with Crippen molar-refractivity contribution in [2.24, 2.45) is 0 Å². The fourth-order valence-corrected chi connectivity index (χ4v) is 2.72. The first-order valence-corrected chi connectivity index (χ1v) is 7.66. The van der Waals surface area contributed by atoms with Crippen LogP contribution in [0, 0.1) is 0 Å². The molecule has 0 aliphatic carbocycles. The Morgan fingerprint density at radius 1 is 1.18 bits per heavy atom. The highest BCUT2D eigenvalue weighted by atomic mass is 16.1. The molecule has 1 aliphatic heterocycles. The van der Waals surface area contributed by atoms with E-state index in [0.717, 1.165) is 31.9 Å². The van der Waals surface area contributed by atoms with E-state index in [1.165, 1.54) is 5.56 Å². The summed E-state index contributed by atoms with van der Waals surface area (Å²) in [6.07, 6.45) is 5.74. The topological polar surface area (TPSA) is 58.1 Å². The Bertz CT molecular complexity index is 603. The molecule has 2 aromatic rings. The van der Waals surface area contributed by atoms with Crippen molar-refractivity contribution < 1.29 is 4.79 Å². The van der Waals surface area contributed by atoms with Crippen LogP contribution in [-0.4, -0.2) is 35.0 Å². The van der Waals surface area contributed by atoms with E-state index in [0.29, 0.717) is 6.42 Å². The third-order valence-corrected chi connectivity index (χ3v) is 3.87. The largest absolute Gasteiger partial charge is 0.352 e. The lowest BCUT2D eigenvalue weighted by atomic mass is 10.1. The standard InChI is InChI=1S/C17H20N4O/c22-16(8-7-14-5-2-1-3-6-14)20-15-9-12-21(13-15)17-18-10-4-11-19-17/h1-6,10-11,15H,7-9,12-13H2,(H,20,22). The first kappa shape index (κ1) is 14.5. The van der Waals surface area contributed by atoms with Crippen LogP contribution >= 0.6 is 0 Å². The number of amides is 1. The molecule has 0 radical (unpaired) electrons. The van der Waals surface area contributed by atoms with Crippen molar-refractivity contribution in [2.45, 2.75) is 25.3 Å². The highest BCUT2D eigenvalue weighted by molar-refractivity contribution is 5.76. The zero-order valence-corrected chi connectivity index (χ0v) is 12.5. The van der Waals surface area contributed by atoms with Gasteiger partial charge in [-0.15, -0.1) is 0 Å². The molecule has 1 saturated heterocycles. The smallest absolute Gasteiger partial charge is 0.225 e.